The number of nitrogens with two attached hydrogens (primary N) is 1. The number of nitro groups is 2. The van der Waals surface area contributed by atoms with E-state index in [1.165, 1.54) is 38.2 Å². The Hall–Kier alpha value is -3.66. The van der Waals surface area contributed by atoms with Crippen molar-refractivity contribution in [3.05, 3.63) is 56.7 Å². The van der Waals surface area contributed by atoms with Crippen LogP contribution in [0, 0.1) is 20.2 Å². The maximum absolute atomic E-state index is 11.3. The van der Waals surface area contributed by atoms with Gasteiger partial charge in [0.2, 0.25) is 11.6 Å². The number of halogens is 1. The summed E-state index contributed by atoms with van der Waals surface area (Å²) >= 11 is 3.16. The lowest BCUT2D eigenvalue weighted by Gasteiger charge is -2.21. The van der Waals surface area contributed by atoms with E-state index in [-0.39, 0.29) is 50.9 Å². The van der Waals surface area contributed by atoms with Gasteiger partial charge in [0.25, 0.3) is 0 Å². The van der Waals surface area contributed by atoms with Crippen molar-refractivity contribution in [2.24, 2.45) is 5.73 Å². The fraction of sp³-hybridized carbons (Fsp3) is 0.756. The molecule has 0 radical (unpaired) electrons. The summed E-state index contributed by atoms with van der Waals surface area (Å²) in [6.45, 7) is 33.8. The van der Waals surface area contributed by atoms with Crippen LogP contribution in [-0.2, 0) is 38.1 Å². The molecule has 0 amide bonds. The third kappa shape index (κ3) is 59.2. The highest BCUT2D eigenvalue weighted by Gasteiger charge is 2.29. The molecular weight excluding hydrogens is 806 g/mol. The van der Waals surface area contributed by atoms with Gasteiger partial charge in [0.05, 0.1) is 0 Å². The van der Waals surface area contributed by atoms with Crippen LogP contribution in [0.25, 0.3) is 0 Å². The molecule has 57 heavy (non-hydrogen) atoms. The highest BCUT2D eigenvalue weighted by atomic mass is 79.9. The van der Waals surface area contributed by atoms with Gasteiger partial charge in [-0.25, -0.2) is 14.4 Å². The Morgan fingerprint density at radius 1 is 0.649 bits per heavy atom. The summed E-state index contributed by atoms with van der Waals surface area (Å²) in [4.78, 5) is 63.5. The zero-order valence-electron chi connectivity index (χ0n) is 38.3. The summed E-state index contributed by atoms with van der Waals surface area (Å²) in [6, 6.07) is -0.426. The summed E-state index contributed by atoms with van der Waals surface area (Å²) in [6.07, 6.45) is 11.2. The van der Waals surface area contributed by atoms with Crippen molar-refractivity contribution in [1.29, 1.82) is 0 Å². The van der Waals surface area contributed by atoms with Crippen LogP contribution >= 0.6 is 15.9 Å². The predicted octanol–water partition coefficient (Wildman–Crippen LogP) is 9.42. The van der Waals surface area contributed by atoms with Gasteiger partial charge in [0.15, 0.2) is 0 Å². The molecule has 0 heterocycles. The fourth-order valence-corrected chi connectivity index (χ4v) is 3.07. The number of hydrogen-bond donors (Lipinski definition) is 1. The van der Waals surface area contributed by atoms with Crippen molar-refractivity contribution in [2.75, 3.05) is 5.33 Å². The molecule has 0 aliphatic heterocycles. The molecule has 0 aliphatic carbocycles. The van der Waals surface area contributed by atoms with Crippen molar-refractivity contribution < 1.29 is 48.0 Å². The largest absolute Gasteiger partial charge is 0.460 e. The summed E-state index contributed by atoms with van der Waals surface area (Å²) in [5.74, 6) is -1.19. The summed E-state index contributed by atoms with van der Waals surface area (Å²) in [5.41, 5.74) is 2.85. The standard InChI is InChI=1S/C11H19NO4.C11H23NO2.C8H13BrO2.C8H14O2.C3H7NO2/c1-10(2,3)16-9(13)7-6-8-11(4,5)12(14)15;1-10(2,3)14-9(13)7-6-8-11(4,5)12;1-8(2,3)11-7(10)5-4-6-9;1-5-6-7(9)10-8(2,3)4;1-3(2)4(5)6/h6-7H,8H2,1-5H3;6-8,12H2,1-5H3;4-5H,6H2,1-3H3;5-6H,1-4H3;3H,1-2H3/b7-6+;;5-4+;6-5+;. The molecule has 0 bridgehead atoms. The quantitative estimate of drug-likeness (QED) is 0.0483. The van der Waals surface area contributed by atoms with E-state index in [2.05, 4.69) is 15.9 Å². The average Bonchev–Trinajstić information content (AvgIpc) is 2.93. The van der Waals surface area contributed by atoms with Gasteiger partial charge in [-0.3, -0.25) is 25.0 Å². The number of allylic oxidation sites excluding steroid dienone is 2. The van der Waals surface area contributed by atoms with Crippen LogP contribution in [0.15, 0.2) is 36.5 Å². The molecule has 334 valence electrons. The smallest absolute Gasteiger partial charge is 0.330 e. The van der Waals surface area contributed by atoms with E-state index in [9.17, 15) is 39.4 Å². The number of carbonyl (C=O) groups excluding carboxylic acids is 4. The fourth-order valence-electron chi connectivity index (χ4n) is 2.88. The summed E-state index contributed by atoms with van der Waals surface area (Å²) < 4.78 is 20.1. The molecule has 0 aliphatic rings. The summed E-state index contributed by atoms with van der Waals surface area (Å²) in [5, 5.41) is 20.8. The minimum Gasteiger partial charge on any atom is -0.460 e. The first kappa shape index (κ1) is 62.5. The second-order valence-corrected chi connectivity index (χ2v) is 18.8. The van der Waals surface area contributed by atoms with Crippen LogP contribution < -0.4 is 5.73 Å². The van der Waals surface area contributed by atoms with Gasteiger partial charge >= 0.3 is 23.9 Å². The lowest BCUT2D eigenvalue weighted by Crippen LogP contribution is -2.32. The monoisotopic (exact) mass is 881 g/mol. The Morgan fingerprint density at radius 2 is 0.982 bits per heavy atom. The van der Waals surface area contributed by atoms with Gasteiger partial charge in [-0.15, -0.1) is 0 Å². The van der Waals surface area contributed by atoms with Crippen LogP contribution in [0.5, 0.6) is 0 Å². The average molecular weight is 883 g/mol. The number of ether oxygens (including phenoxy) is 4. The van der Waals surface area contributed by atoms with E-state index in [1.54, 1.807) is 53.7 Å². The lowest BCUT2D eigenvalue weighted by atomic mass is 9.99. The summed E-state index contributed by atoms with van der Waals surface area (Å²) in [7, 11) is 0. The molecule has 2 N–H and O–H groups in total. The molecule has 0 fully saturated rings. The number of rotatable bonds is 12. The Morgan fingerprint density at radius 3 is 1.25 bits per heavy atom. The van der Waals surface area contributed by atoms with Gasteiger partial charge < -0.3 is 24.7 Å². The molecule has 15 nitrogen and oxygen atoms in total. The van der Waals surface area contributed by atoms with E-state index >= 15 is 0 Å². The van der Waals surface area contributed by atoms with Crippen LogP contribution in [0.4, 0.5) is 0 Å². The Bertz CT molecular complexity index is 1290. The predicted molar refractivity (Wildman–Crippen MR) is 230 cm³/mol. The van der Waals surface area contributed by atoms with Crippen molar-refractivity contribution >= 4 is 39.8 Å². The van der Waals surface area contributed by atoms with Crippen molar-refractivity contribution in [1.82, 2.24) is 0 Å². The van der Waals surface area contributed by atoms with Crippen LogP contribution in [0.3, 0.4) is 0 Å². The maximum atomic E-state index is 11.3. The normalized spacial score (nSPS) is 12.1. The molecule has 0 atom stereocenters. The molecule has 0 saturated carbocycles. The van der Waals surface area contributed by atoms with Crippen LogP contribution in [0.1, 0.15) is 157 Å². The van der Waals surface area contributed by atoms with Gasteiger partial charge in [0, 0.05) is 79.5 Å². The van der Waals surface area contributed by atoms with Gasteiger partial charge in [0.1, 0.15) is 22.4 Å². The minimum atomic E-state index is -1.06. The van der Waals surface area contributed by atoms with Gasteiger partial charge in [-0.2, -0.15) is 0 Å². The first-order chi connectivity index (χ1) is 25.2. The zero-order valence-corrected chi connectivity index (χ0v) is 39.9. The van der Waals surface area contributed by atoms with Crippen LogP contribution in [-0.4, -0.2) is 78.6 Å². The SMILES string of the molecule is C/C=C/C(=O)OC(C)(C)C.CC(C)(C)OC(=O)/C=C/CBr.CC(C)(C)OC(=O)/C=C/CC(C)(C)[N+](=O)[O-].CC(C)(N)CCCC(=O)OC(C)(C)C.CC(C)[N+](=O)[O-]. The first-order valence-corrected chi connectivity index (χ1v) is 19.8. The number of alkyl halides is 1. The van der Waals surface area contributed by atoms with Gasteiger partial charge in [-0.1, -0.05) is 34.2 Å². The molecule has 0 rings (SSSR count). The second kappa shape index (κ2) is 29.5. The van der Waals surface area contributed by atoms with Crippen molar-refractivity contribution in [3.63, 3.8) is 0 Å². The third-order valence-electron chi connectivity index (χ3n) is 5.28. The Kier molecular flexibility index (Phi) is 32.4. The van der Waals surface area contributed by atoms with E-state index in [4.69, 9.17) is 24.7 Å². The number of nitrogens with zero attached hydrogens (tertiary/aromatic N) is 2. The van der Waals surface area contributed by atoms with Crippen LogP contribution in [0.2, 0.25) is 0 Å². The minimum absolute atomic E-state index is 0.137. The Balaban J connectivity index is -0.000000204. The molecule has 16 heteroatoms. The number of esters is 4. The number of hydrogen-bond acceptors (Lipinski definition) is 13. The third-order valence-corrected chi connectivity index (χ3v) is 5.65. The second-order valence-electron chi connectivity index (χ2n) is 18.1. The van der Waals surface area contributed by atoms with Gasteiger partial charge in [-0.05, 0) is 117 Å². The molecule has 0 spiro atoms. The van der Waals surface area contributed by atoms with E-state index in [1.807, 2.05) is 76.2 Å². The molecule has 0 aromatic rings. The topological polar surface area (TPSA) is 218 Å². The van der Waals surface area contributed by atoms with E-state index < -0.39 is 28.8 Å². The van der Waals surface area contributed by atoms with E-state index in [0.717, 1.165) is 12.8 Å². The maximum Gasteiger partial charge on any atom is 0.330 e. The van der Waals surface area contributed by atoms with Crippen molar-refractivity contribution in [3.8, 4) is 0 Å². The molecule has 0 unspecified atom stereocenters. The first-order valence-electron chi connectivity index (χ1n) is 18.7. The Labute approximate surface area is 351 Å². The highest BCUT2D eigenvalue weighted by molar-refractivity contribution is 9.09. The molecule has 0 saturated heterocycles. The zero-order chi connectivity index (χ0) is 46.6. The molecular formula is C41H76BrN3O12. The lowest BCUT2D eigenvalue weighted by molar-refractivity contribution is -0.559. The van der Waals surface area contributed by atoms with Crippen molar-refractivity contribution in [2.45, 2.75) is 197 Å². The highest BCUT2D eigenvalue weighted by Crippen LogP contribution is 2.15. The molecule has 0 aromatic heterocycles. The van der Waals surface area contributed by atoms with E-state index in [0.29, 0.717) is 11.8 Å². The number of carbonyl (C=O) groups is 4. The molecule has 0 aromatic carbocycles.